The molecule has 1 aromatic carbocycles. The van der Waals surface area contributed by atoms with E-state index in [2.05, 4.69) is 19.0 Å². The Bertz CT molecular complexity index is 233. The lowest BCUT2D eigenvalue weighted by Gasteiger charge is -2.02. The summed E-state index contributed by atoms with van der Waals surface area (Å²) in [5.74, 6) is 0. The minimum Gasteiger partial charge on any atom is -0.304 e. The molecule has 2 heteroatoms. The average molecular weight is 160 g/mol. The Morgan fingerprint density at radius 1 is 1.33 bits per heavy atom. The van der Waals surface area contributed by atoms with E-state index in [4.69, 9.17) is 0 Å². The molecule has 12 heavy (non-hydrogen) atoms. The molecule has 0 bridgehead atoms. The van der Waals surface area contributed by atoms with Gasteiger partial charge < -0.3 is 4.79 Å². The third-order valence-electron chi connectivity index (χ3n) is 1.93. The highest BCUT2D eigenvalue weighted by Gasteiger charge is 2.05. The summed E-state index contributed by atoms with van der Waals surface area (Å²) in [6.07, 6.45) is 2.65. The van der Waals surface area contributed by atoms with Crippen LogP contribution in [-0.2, 0) is 11.1 Å². The third kappa shape index (κ3) is 2.91. The highest BCUT2D eigenvalue weighted by molar-refractivity contribution is 6.59. The van der Waals surface area contributed by atoms with Gasteiger partial charge in [-0.1, -0.05) is 42.7 Å². The smallest absolute Gasteiger partial charge is 0.149 e. The lowest BCUT2D eigenvalue weighted by atomic mass is 9.46. The quantitative estimate of drug-likeness (QED) is 0.486. The van der Waals surface area contributed by atoms with Crippen LogP contribution in [0.15, 0.2) is 30.3 Å². The lowest BCUT2D eigenvalue weighted by molar-refractivity contribution is -0.106. The monoisotopic (exact) mass is 160 g/mol. The van der Waals surface area contributed by atoms with Crippen LogP contribution < -0.4 is 0 Å². The number of carbonyl (C=O) groups is 1. The minimum absolute atomic E-state index is 0.463. The van der Waals surface area contributed by atoms with E-state index < -0.39 is 0 Å². The van der Waals surface area contributed by atoms with Crippen LogP contribution in [0.1, 0.15) is 5.56 Å². The molecule has 0 saturated carbocycles. The Hall–Kier alpha value is -1.05. The Morgan fingerprint density at radius 3 is 2.58 bits per heavy atom. The molecular formula is C10H13BO. The zero-order valence-corrected chi connectivity index (χ0v) is 7.36. The van der Waals surface area contributed by atoms with E-state index in [0.29, 0.717) is 13.0 Å². The third-order valence-corrected chi connectivity index (χ3v) is 1.93. The van der Waals surface area contributed by atoms with Crippen LogP contribution in [0.4, 0.5) is 0 Å². The topological polar surface area (TPSA) is 17.1 Å². The molecule has 0 aliphatic heterocycles. The van der Waals surface area contributed by atoms with E-state index in [1.165, 1.54) is 5.56 Å². The highest BCUT2D eigenvalue weighted by Crippen LogP contribution is 2.03. The number of aldehydes is 1. The van der Waals surface area contributed by atoms with E-state index in [-0.39, 0.29) is 0 Å². The van der Waals surface area contributed by atoms with Crippen molar-refractivity contribution in [3.8, 4) is 0 Å². The summed E-state index contributed by atoms with van der Waals surface area (Å²) in [5, 5.41) is 0. The summed E-state index contributed by atoms with van der Waals surface area (Å²) in [5.41, 5.74) is 1.31. The van der Waals surface area contributed by atoms with Crippen LogP contribution in [0.25, 0.3) is 0 Å². The van der Waals surface area contributed by atoms with Crippen molar-refractivity contribution in [1.29, 1.82) is 0 Å². The van der Waals surface area contributed by atoms with Gasteiger partial charge in [0, 0.05) is 0 Å². The van der Waals surface area contributed by atoms with Crippen molar-refractivity contribution < 1.29 is 4.79 Å². The van der Waals surface area contributed by atoms with Crippen LogP contribution in [0.3, 0.4) is 0 Å². The van der Waals surface area contributed by atoms with E-state index in [9.17, 15) is 4.79 Å². The number of rotatable bonds is 4. The fraction of sp³-hybridized carbons (Fsp3) is 0.300. The zero-order chi connectivity index (χ0) is 8.81. The molecule has 0 atom stereocenters. The number of hydrogen-bond donors (Lipinski definition) is 0. The van der Waals surface area contributed by atoms with E-state index in [1.54, 1.807) is 0 Å². The van der Waals surface area contributed by atoms with Gasteiger partial charge in [0.1, 0.15) is 13.0 Å². The predicted molar refractivity (Wildman–Crippen MR) is 52.6 cm³/mol. The minimum atomic E-state index is 0.463. The molecule has 0 aliphatic rings. The first-order valence-electron chi connectivity index (χ1n) is 4.30. The highest BCUT2D eigenvalue weighted by atomic mass is 16.1. The maximum absolute atomic E-state index is 10.2. The molecule has 0 N–H and O–H groups in total. The van der Waals surface area contributed by atoms with Crippen LogP contribution in [0.5, 0.6) is 0 Å². The Balaban J connectivity index is 2.46. The molecule has 0 spiro atoms. The van der Waals surface area contributed by atoms with Gasteiger partial charge in [-0.25, -0.2) is 0 Å². The second-order valence-electron chi connectivity index (χ2n) is 3.20. The summed E-state index contributed by atoms with van der Waals surface area (Å²) in [4.78, 5) is 10.2. The van der Waals surface area contributed by atoms with Crippen LogP contribution in [0, 0.1) is 0 Å². The van der Waals surface area contributed by atoms with Crippen molar-refractivity contribution in [3.63, 3.8) is 0 Å². The number of carbonyl (C=O) groups excluding carboxylic acids is 1. The summed E-state index contributed by atoms with van der Waals surface area (Å²) >= 11 is 0. The first-order valence-corrected chi connectivity index (χ1v) is 4.30. The van der Waals surface area contributed by atoms with Crippen molar-refractivity contribution in [2.24, 2.45) is 0 Å². The molecule has 0 saturated heterocycles. The van der Waals surface area contributed by atoms with Crippen molar-refractivity contribution in [2.45, 2.75) is 19.5 Å². The Morgan fingerprint density at radius 2 is 2.00 bits per heavy atom. The van der Waals surface area contributed by atoms with Crippen LogP contribution >= 0.6 is 0 Å². The molecule has 1 aromatic rings. The Labute approximate surface area is 73.9 Å². The number of benzene rings is 1. The molecule has 1 nitrogen and oxygen atoms in total. The fourth-order valence-corrected chi connectivity index (χ4v) is 1.26. The second kappa shape index (κ2) is 4.76. The van der Waals surface area contributed by atoms with Gasteiger partial charge in [-0.05, 0) is 12.6 Å². The van der Waals surface area contributed by atoms with Crippen LogP contribution in [0.2, 0.25) is 13.1 Å². The molecule has 0 heterocycles. The van der Waals surface area contributed by atoms with Crippen molar-refractivity contribution in [1.82, 2.24) is 0 Å². The standard InChI is InChI=1S/C10H13BO/c1-11(7-8-12)9-10-5-3-2-4-6-10/h2-6,8H,7,9H2,1H3. The predicted octanol–water partition coefficient (Wildman–Crippen LogP) is 2.09. The average Bonchev–Trinajstić information content (AvgIpc) is 2.06. The first kappa shape index (κ1) is 9.05. The van der Waals surface area contributed by atoms with E-state index in [0.717, 1.165) is 12.6 Å². The zero-order valence-electron chi connectivity index (χ0n) is 7.36. The molecule has 0 amide bonds. The molecule has 0 aromatic heterocycles. The fourth-order valence-electron chi connectivity index (χ4n) is 1.26. The van der Waals surface area contributed by atoms with Gasteiger partial charge in [0.25, 0.3) is 0 Å². The molecule has 0 unspecified atom stereocenters. The van der Waals surface area contributed by atoms with Gasteiger partial charge in [-0.15, -0.1) is 0 Å². The largest absolute Gasteiger partial charge is 0.304 e. The molecule has 62 valence electrons. The van der Waals surface area contributed by atoms with Gasteiger partial charge >= 0.3 is 0 Å². The summed E-state index contributed by atoms with van der Waals surface area (Å²) in [7, 11) is 0. The van der Waals surface area contributed by atoms with Gasteiger partial charge in [-0.2, -0.15) is 0 Å². The second-order valence-corrected chi connectivity index (χ2v) is 3.20. The van der Waals surface area contributed by atoms with Crippen molar-refractivity contribution >= 4 is 13.0 Å². The Kier molecular flexibility index (Phi) is 3.59. The van der Waals surface area contributed by atoms with Crippen molar-refractivity contribution in [3.05, 3.63) is 35.9 Å². The lowest BCUT2D eigenvalue weighted by Crippen LogP contribution is -2.11. The summed E-state index contributed by atoms with van der Waals surface area (Å²) < 4.78 is 0. The van der Waals surface area contributed by atoms with Gasteiger partial charge in [0.05, 0.1) is 0 Å². The molecule has 0 aliphatic carbocycles. The SMILES string of the molecule is CB(CC=O)Cc1ccccc1. The molecular weight excluding hydrogens is 147 g/mol. The number of hydrogen-bond acceptors (Lipinski definition) is 1. The molecule has 0 radical (unpaired) electrons. The first-order chi connectivity index (χ1) is 5.83. The van der Waals surface area contributed by atoms with Crippen molar-refractivity contribution in [2.75, 3.05) is 0 Å². The van der Waals surface area contributed by atoms with E-state index in [1.807, 2.05) is 18.2 Å². The maximum Gasteiger partial charge on any atom is 0.149 e. The van der Waals surface area contributed by atoms with Gasteiger partial charge in [0.2, 0.25) is 0 Å². The van der Waals surface area contributed by atoms with Gasteiger partial charge in [-0.3, -0.25) is 0 Å². The van der Waals surface area contributed by atoms with Crippen LogP contribution in [-0.4, -0.2) is 13.0 Å². The molecule has 0 fully saturated rings. The van der Waals surface area contributed by atoms with Gasteiger partial charge in [0.15, 0.2) is 0 Å². The van der Waals surface area contributed by atoms with E-state index >= 15 is 0 Å². The normalized spacial score (nSPS) is 9.42. The summed E-state index contributed by atoms with van der Waals surface area (Å²) in [6.45, 7) is 2.56. The maximum atomic E-state index is 10.2. The summed E-state index contributed by atoms with van der Waals surface area (Å²) in [6, 6.07) is 10.3. The molecule has 1 rings (SSSR count).